The molecule has 0 unspecified atom stereocenters. The zero-order chi connectivity index (χ0) is 32.1. The van der Waals surface area contributed by atoms with Crippen molar-refractivity contribution in [2.24, 2.45) is 0 Å². The van der Waals surface area contributed by atoms with Gasteiger partial charge in [-0.05, 0) is 60.7 Å². The van der Waals surface area contributed by atoms with Crippen LogP contribution in [0.3, 0.4) is 0 Å². The van der Waals surface area contributed by atoms with Crippen molar-refractivity contribution < 1.29 is 17.0 Å². The fourth-order valence-electron chi connectivity index (χ4n) is 5.93. The van der Waals surface area contributed by atoms with Crippen molar-refractivity contribution in [3.63, 3.8) is 0 Å². The Labute approximate surface area is 291 Å². The minimum absolute atomic E-state index is 0. The second-order valence-electron chi connectivity index (χ2n) is 11.5. The monoisotopic (exact) mass is 656 g/mol. The van der Waals surface area contributed by atoms with E-state index in [1.807, 2.05) is 78.9 Å². The van der Waals surface area contributed by atoms with E-state index in [1.165, 1.54) is 0 Å². The molecule has 49 heavy (non-hydrogen) atoms. The highest BCUT2D eigenvalue weighted by atomic mass is 35.5. The molecule has 0 atom stereocenters. The molecule has 0 saturated heterocycles. The van der Waals surface area contributed by atoms with Gasteiger partial charge in [0.05, 0.1) is 22.7 Å². The maximum absolute atomic E-state index is 5.31. The molecule has 8 rings (SSSR count). The summed E-state index contributed by atoms with van der Waals surface area (Å²) in [5.74, 6) is 0. The lowest BCUT2D eigenvalue weighted by molar-refractivity contribution is -0.538. The number of halogens is 1. The van der Waals surface area contributed by atoms with Crippen molar-refractivity contribution in [3.05, 3.63) is 176 Å². The van der Waals surface area contributed by atoms with Crippen LogP contribution in [-0.4, -0.2) is 4.98 Å². The lowest BCUT2D eigenvalue weighted by Gasteiger charge is -2.17. The van der Waals surface area contributed by atoms with Crippen LogP contribution in [0, 0.1) is 0 Å². The van der Waals surface area contributed by atoms with E-state index in [-0.39, 0.29) is 12.4 Å². The first-order chi connectivity index (χ1) is 23.8. The molecule has 7 heteroatoms. The van der Waals surface area contributed by atoms with Crippen LogP contribution in [0.25, 0.3) is 27.8 Å². The molecule has 0 radical (unpaired) electrons. The fourth-order valence-corrected chi connectivity index (χ4v) is 5.93. The topological polar surface area (TPSA) is 64.9 Å². The number of aromatic nitrogens is 2. The molecule has 7 aromatic carbocycles. The summed E-state index contributed by atoms with van der Waals surface area (Å²) in [6, 6.07) is 60.0. The first kappa shape index (κ1) is 31.2. The van der Waals surface area contributed by atoms with Gasteiger partial charge in [0.15, 0.2) is 0 Å². The van der Waals surface area contributed by atoms with Gasteiger partial charge in [-0.3, -0.25) is 0 Å². The number of anilines is 8. The molecule has 0 aliphatic rings. The highest BCUT2D eigenvalue weighted by Gasteiger charge is 2.24. The van der Waals surface area contributed by atoms with Gasteiger partial charge in [0.1, 0.15) is 11.0 Å². The van der Waals surface area contributed by atoms with E-state index in [2.05, 4.69) is 123 Å². The number of nitrogens with one attached hydrogen (secondary N) is 4. The largest absolute Gasteiger partial charge is 1.00 e. The van der Waals surface area contributed by atoms with Gasteiger partial charge in [-0.25, -0.2) is 4.98 Å². The Kier molecular flexibility index (Phi) is 9.04. The third-order valence-electron chi connectivity index (χ3n) is 8.18. The van der Waals surface area contributed by atoms with Gasteiger partial charge in [-0.15, -0.1) is 4.57 Å². The molecule has 6 nitrogen and oxygen atoms in total. The molecule has 4 N–H and O–H groups in total. The van der Waals surface area contributed by atoms with E-state index in [0.717, 1.165) is 73.3 Å². The van der Waals surface area contributed by atoms with Crippen LogP contribution < -0.4 is 38.2 Å². The van der Waals surface area contributed by atoms with Gasteiger partial charge in [-0.2, -0.15) is 0 Å². The Hall–Kier alpha value is -6.37. The average Bonchev–Trinajstić information content (AvgIpc) is 3.13. The molecule has 8 aromatic rings. The molecule has 0 fully saturated rings. The lowest BCUT2D eigenvalue weighted by atomic mass is 10.1. The summed E-state index contributed by atoms with van der Waals surface area (Å²) in [6.45, 7) is 0. The lowest BCUT2D eigenvalue weighted by Crippen LogP contribution is -3.00. The summed E-state index contributed by atoms with van der Waals surface area (Å²) in [7, 11) is 0. The molecule has 0 aliphatic heterocycles. The highest BCUT2D eigenvalue weighted by Crippen LogP contribution is 2.36. The molecule has 0 bridgehead atoms. The summed E-state index contributed by atoms with van der Waals surface area (Å²) in [4.78, 5) is 5.31. The Balaban J connectivity index is 0.00000378. The fraction of sp³-hybridized carbons (Fsp3) is 0. The first-order valence-corrected chi connectivity index (χ1v) is 16.0. The van der Waals surface area contributed by atoms with E-state index in [9.17, 15) is 0 Å². The van der Waals surface area contributed by atoms with Gasteiger partial charge in [0, 0.05) is 47.0 Å². The third-order valence-corrected chi connectivity index (χ3v) is 8.18. The average molecular weight is 657 g/mol. The van der Waals surface area contributed by atoms with Gasteiger partial charge in [0.25, 0.3) is 0 Å². The molecule has 0 saturated carbocycles. The van der Waals surface area contributed by atoms with E-state index in [0.29, 0.717) is 0 Å². The summed E-state index contributed by atoms with van der Waals surface area (Å²) in [5, 5.41) is 14.6. The Morgan fingerprint density at radius 1 is 0.347 bits per heavy atom. The predicted molar refractivity (Wildman–Crippen MR) is 200 cm³/mol. The van der Waals surface area contributed by atoms with Crippen molar-refractivity contribution >= 4 is 67.6 Å². The van der Waals surface area contributed by atoms with Crippen LogP contribution in [0.15, 0.2) is 176 Å². The highest BCUT2D eigenvalue weighted by molar-refractivity contribution is 5.95. The zero-order valence-corrected chi connectivity index (χ0v) is 27.3. The van der Waals surface area contributed by atoms with Crippen molar-refractivity contribution in [2.45, 2.75) is 0 Å². The van der Waals surface area contributed by atoms with Crippen LogP contribution in [0.1, 0.15) is 0 Å². The summed E-state index contributed by atoms with van der Waals surface area (Å²) < 4.78 is 2.29. The van der Waals surface area contributed by atoms with E-state index >= 15 is 0 Å². The number of nitrogens with zero attached hydrogens (tertiary/aromatic N) is 2. The van der Waals surface area contributed by atoms with Crippen molar-refractivity contribution in [2.75, 3.05) is 21.3 Å². The van der Waals surface area contributed by atoms with Crippen molar-refractivity contribution in [3.8, 4) is 5.69 Å². The van der Waals surface area contributed by atoms with Crippen molar-refractivity contribution in [1.29, 1.82) is 0 Å². The molecule has 0 spiro atoms. The maximum Gasteiger partial charge on any atom is 0.239 e. The molecular formula is C42H33ClN6. The van der Waals surface area contributed by atoms with Gasteiger partial charge in [-0.1, -0.05) is 91.0 Å². The molecular weight excluding hydrogens is 624 g/mol. The van der Waals surface area contributed by atoms with Crippen LogP contribution in [0.5, 0.6) is 0 Å². The molecule has 0 amide bonds. The maximum atomic E-state index is 5.31. The Bertz CT molecular complexity index is 2180. The smallest absolute Gasteiger partial charge is 0.239 e. The third kappa shape index (κ3) is 6.86. The second kappa shape index (κ2) is 14.2. The van der Waals surface area contributed by atoms with Gasteiger partial charge < -0.3 is 33.7 Å². The number of fused-ring (bicyclic) bond motifs is 2. The number of para-hydroxylation sites is 5. The minimum atomic E-state index is 0. The molecule has 1 aromatic heterocycles. The van der Waals surface area contributed by atoms with Crippen LogP contribution in [0.2, 0.25) is 0 Å². The number of rotatable bonds is 9. The van der Waals surface area contributed by atoms with E-state index in [4.69, 9.17) is 4.98 Å². The van der Waals surface area contributed by atoms with Crippen LogP contribution in [-0.2, 0) is 0 Å². The molecule has 0 aliphatic carbocycles. The van der Waals surface area contributed by atoms with Gasteiger partial charge >= 0.3 is 0 Å². The van der Waals surface area contributed by atoms with Crippen LogP contribution in [0.4, 0.5) is 45.5 Å². The quantitative estimate of drug-likeness (QED) is 0.0950. The zero-order valence-electron chi connectivity index (χ0n) is 26.5. The molecule has 1 heterocycles. The predicted octanol–water partition coefficient (Wildman–Crippen LogP) is 7.64. The normalized spacial score (nSPS) is 10.7. The SMILES string of the molecule is [Cl-].c1ccc(Nc2cc3nc4cc(Nc5ccccc5)c(Nc5ccccc5)cc4[n+](-c4ccccc4)c3cc2Nc2ccccc2)cc1. The van der Waals surface area contributed by atoms with E-state index in [1.54, 1.807) is 0 Å². The Morgan fingerprint density at radius 2 is 0.633 bits per heavy atom. The summed E-state index contributed by atoms with van der Waals surface area (Å²) >= 11 is 0. The van der Waals surface area contributed by atoms with Crippen LogP contribution >= 0.6 is 0 Å². The molecule has 238 valence electrons. The summed E-state index contributed by atoms with van der Waals surface area (Å²) in [5.41, 5.74) is 12.4. The van der Waals surface area contributed by atoms with Crippen molar-refractivity contribution in [1.82, 2.24) is 4.98 Å². The number of hydrogen-bond donors (Lipinski definition) is 4. The van der Waals surface area contributed by atoms with E-state index < -0.39 is 0 Å². The Morgan fingerprint density at radius 3 is 0.959 bits per heavy atom. The minimum Gasteiger partial charge on any atom is -1.00 e. The first-order valence-electron chi connectivity index (χ1n) is 16.0. The summed E-state index contributed by atoms with van der Waals surface area (Å²) in [6.07, 6.45) is 0. The second-order valence-corrected chi connectivity index (χ2v) is 11.5. The number of benzene rings is 7. The number of hydrogen-bond acceptors (Lipinski definition) is 5. The standard InChI is InChI=1S/C42H32N6.ClH/c1-6-16-30(17-7-1)43-35-26-39-41(28-37(35)45-32-20-10-3-11-21-32)48(34-24-14-5-15-25-34)42-29-38(46-33-22-12-4-13-23-33)36(27-40(42)47-39)44-31-18-8-2-9-19-31;/h1-29H,(H3,43,44,45,46,47);1H. The van der Waals surface area contributed by atoms with Gasteiger partial charge in [0.2, 0.25) is 16.7 Å².